The fraction of sp³-hybridized carbons (Fsp3) is 0.357. The van der Waals surface area contributed by atoms with Gasteiger partial charge >= 0.3 is 0 Å². The number of nitrogens with zero attached hydrogens (tertiary/aromatic N) is 3. The first kappa shape index (κ1) is 27.2. The molecule has 2 aliphatic rings. The van der Waals surface area contributed by atoms with E-state index >= 15 is 0 Å². The number of imide groups is 1. The second-order valence-electron chi connectivity index (χ2n) is 10.4. The van der Waals surface area contributed by atoms with Gasteiger partial charge in [0, 0.05) is 36.5 Å². The van der Waals surface area contributed by atoms with Gasteiger partial charge in [0.1, 0.15) is 10.8 Å². The number of carbonyl (C=O) groups excluding carboxylic acids is 2. The number of rotatable bonds is 7. The smallest absolute Gasteiger partial charge is 0.234 e. The largest absolute Gasteiger partial charge is 0.381 e. The van der Waals surface area contributed by atoms with Gasteiger partial charge in [-0.15, -0.1) is 0 Å². The van der Waals surface area contributed by atoms with Crippen LogP contribution in [0.3, 0.4) is 0 Å². The summed E-state index contributed by atoms with van der Waals surface area (Å²) in [5, 5.41) is 6.98. The number of amides is 2. The zero-order valence-corrected chi connectivity index (χ0v) is 23.3. The summed E-state index contributed by atoms with van der Waals surface area (Å²) >= 11 is 8.13. The molecule has 3 aromatic rings. The third kappa shape index (κ3) is 6.46. The number of piperidine rings is 2. The molecule has 0 radical (unpaired) electrons. The third-order valence-electron chi connectivity index (χ3n) is 7.26. The number of nitrogens with two attached hydrogens (primary N) is 2. The van der Waals surface area contributed by atoms with Gasteiger partial charge in [-0.3, -0.25) is 14.9 Å². The number of aromatic nitrogens is 2. The van der Waals surface area contributed by atoms with Crippen LogP contribution in [0.15, 0.2) is 58.6 Å². The first-order chi connectivity index (χ1) is 18.7. The van der Waals surface area contributed by atoms with Gasteiger partial charge in [0.25, 0.3) is 0 Å². The number of benzene rings is 2. The Kier molecular flexibility index (Phi) is 7.97. The van der Waals surface area contributed by atoms with Crippen LogP contribution in [-0.4, -0.2) is 40.4 Å². The zero-order valence-electron chi connectivity index (χ0n) is 21.7. The molecule has 2 saturated heterocycles. The minimum Gasteiger partial charge on any atom is -0.381 e. The summed E-state index contributed by atoms with van der Waals surface area (Å²) in [6.45, 7) is 4.29. The topological polar surface area (TPSA) is 139 Å². The lowest BCUT2D eigenvalue weighted by atomic mass is 9.90. The molecule has 2 aromatic carbocycles. The molecule has 0 saturated carbocycles. The van der Waals surface area contributed by atoms with Crippen molar-refractivity contribution in [3.63, 3.8) is 0 Å². The highest BCUT2D eigenvalue weighted by atomic mass is 35.5. The van der Waals surface area contributed by atoms with Crippen molar-refractivity contribution >= 4 is 52.5 Å². The Labute approximate surface area is 237 Å². The van der Waals surface area contributed by atoms with Crippen molar-refractivity contribution in [2.24, 2.45) is 5.73 Å². The van der Waals surface area contributed by atoms with E-state index in [1.165, 1.54) is 11.8 Å². The van der Waals surface area contributed by atoms with Crippen LogP contribution in [0, 0.1) is 0 Å². The van der Waals surface area contributed by atoms with Crippen molar-refractivity contribution in [3.8, 4) is 0 Å². The highest BCUT2D eigenvalue weighted by molar-refractivity contribution is 7.99. The van der Waals surface area contributed by atoms with Crippen LogP contribution in [0.5, 0.6) is 0 Å². The lowest BCUT2D eigenvalue weighted by Crippen LogP contribution is -2.48. The summed E-state index contributed by atoms with van der Waals surface area (Å²) < 4.78 is 0. The predicted octanol–water partition coefficient (Wildman–Crippen LogP) is 4.31. The molecule has 9 nitrogen and oxygen atoms in total. The van der Waals surface area contributed by atoms with Crippen molar-refractivity contribution in [2.45, 2.75) is 60.5 Å². The van der Waals surface area contributed by atoms with E-state index in [9.17, 15) is 9.59 Å². The van der Waals surface area contributed by atoms with Gasteiger partial charge in [0.2, 0.25) is 11.8 Å². The molecule has 2 amide bonds. The Morgan fingerprint density at radius 2 is 1.92 bits per heavy atom. The van der Waals surface area contributed by atoms with E-state index < -0.39 is 0 Å². The minimum atomic E-state index is -0.293. The SMILES string of the molecule is CC1(N)CCN(c2cnc(Sc3cccc(NCc4ccc(C5CCC(=O)NC5=O)cc4)c3Cl)c(N)n2)CC1. The summed E-state index contributed by atoms with van der Waals surface area (Å²) in [6.07, 6.45) is 4.44. The number of anilines is 3. The van der Waals surface area contributed by atoms with Crippen molar-refractivity contribution < 1.29 is 9.59 Å². The van der Waals surface area contributed by atoms with Crippen LogP contribution in [-0.2, 0) is 16.1 Å². The van der Waals surface area contributed by atoms with Gasteiger partial charge in [-0.25, -0.2) is 9.97 Å². The number of carbonyl (C=O) groups is 2. The first-order valence-corrected chi connectivity index (χ1v) is 14.2. The fourth-order valence-corrected chi connectivity index (χ4v) is 5.89. The maximum Gasteiger partial charge on any atom is 0.234 e. The number of nitrogen functional groups attached to an aromatic ring is 1. The van der Waals surface area contributed by atoms with Crippen LogP contribution in [0.2, 0.25) is 5.02 Å². The minimum absolute atomic E-state index is 0.139. The van der Waals surface area contributed by atoms with Crippen molar-refractivity contribution in [2.75, 3.05) is 29.0 Å². The molecular weight excluding hydrogens is 534 g/mol. The summed E-state index contributed by atoms with van der Waals surface area (Å²) in [5.41, 5.74) is 15.1. The average Bonchev–Trinajstić information content (AvgIpc) is 2.91. The van der Waals surface area contributed by atoms with E-state index in [2.05, 4.69) is 32.4 Å². The van der Waals surface area contributed by atoms with Gasteiger partial charge in [-0.1, -0.05) is 53.7 Å². The van der Waals surface area contributed by atoms with E-state index in [-0.39, 0.29) is 23.3 Å². The third-order valence-corrected chi connectivity index (χ3v) is 8.84. The van der Waals surface area contributed by atoms with E-state index in [0.29, 0.717) is 35.3 Å². The standard InChI is InChI=1S/C28H32ClN7O2S/c1-28(31)11-13-36(14-12-28)22-16-33-27(25(30)34-22)39-21-4-2-3-20(24(21)29)32-15-17-5-7-18(8-6-17)19-9-10-23(37)35-26(19)38/h2-8,16,19,32H,9-15,31H2,1H3,(H2,30,34)(H,35,37,38). The van der Waals surface area contributed by atoms with Gasteiger partial charge in [0.05, 0.1) is 22.8 Å². The van der Waals surface area contributed by atoms with E-state index in [1.807, 2.05) is 42.5 Å². The zero-order chi connectivity index (χ0) is 27.6. The molecule has 3 heterocycles. The van der Waals surface area contributed by atoms with Gasteiger partial charge in [-0.05, 0) is 49.4 Å². The van der Waals surface area contributed by atoms with Crippen LogP contribution >= 0.6 is 23.4 Å². The lowest BCUT2D eigenvalue weighted by molar-refractivity contribution is -0.134. The lowest BCUT2D eigenvalue weighted by Gasteiger charge is -2.37. The average molecular weight is 566 g/mol. The number of halogens is 1. The van der Waals surface area contributed by atoms with Crippen molar-refractivity contribution in [3.05, 3.63) is 64.8 Å². The van der Waals surface area contributed by atoms with E-state index in [0.717, 1.165) is 53.5 Å². The van der Waals surface area contributed by atoms with Gasteiger partial charge in [0.15, 0.2) is 5.82 Å². The number of hydrogen-bond donors (Lipinski definition) is 4. The maximum absolute atomic E-state index is 12.1. The molecule has 0 bridgehead atoms. The molecule has 6 N–H and O–H groups in total. The highest BCUT2D eigenvalue weighted by Crippen LogP contribution is 2.39. The monoisotopic (exact) mass is 565 g/mol. The van der Waals surface area contributed by atoms with E-state index in [4.69, 9.17) is 23.1 Å². The number of hydrogen-bond acceptors (Lipinski definition) is 9. The van der Waals surface area contributed by atoms with Crippen LogP contribution in [0.1, 0.15) is 49.7 Å². The highest BCUT2D eigenvalue weighted by Gasteiger charge is 2.28. The predicted molar refractivity (Wildman–Crippen MR) is 155 cm³/mol. The molecule has 1 unspecified atom stereocenters. The second-order valence-corrected chi connectivity index (χ2v) is 11.8. The molecule has 11 heteroatoms. The van der Waals surface area contributed by atoms with Gasteiger partial charge in [-0.2, -0.15) is 0 Å². The van der Waals surface area contributed by atoms with Crippen molar-refractivity contribution in [1.82, 2.24) is 15.3 Å². The molecule has 1 atom stereocenters. The molecule has 204 valence electrons. The van der Waals surface area contributed by atoms with Crippen LogP contribution < -0.4 is 27.0 Å². The Morgan fingerprint density at radius 1 is 1.18 bits per heavy atom. The first-order valence-electron chi connectivity index (χ1n) is 13.0. The fourth-order valence-electron chi connectivity index (χ4n) is 4.77. The summed E-state index contributed by atoms with van der Waals surface area (Å²) in [7, 11) is 0. The summed E-state index contributed by atoms with van der Waals surface area (Å²) in [4.78, 5) is 35.7. The number of nitrogens with one attached hydrogen (secondary N) is 2. The molecule has 2 fully saturated rings. The molecule has 5 rings (SSSR count). The quantitative estimate of drug-likeness (QED) is 0.308. The molecular formula is C28H32ClN7O2S. The molecule has 2 aliphatic heterocycles. The van der Waals surface area contributed by atoms with E-state index in [1.54, 1.807) is 6.20 Å². The summed E-state index contributed by atoms with van der Waals surface area (Å²) in [6, 6.07) is 13.6. The normalized spacial score (nSPS) is 19.1. The second kappa shape index (κ2) is 11.4. The van der Waals surface area contributed by atoms with Crippen LogP contribution in [0.4, 0.5) is 17.3 Å². The van der Waals surface area contributed by atoms with Crippen LogP contribution in [0.25, 0.3) is 0 Å². The Hall–Kier alpha value is -3.34. The summed E-state index contributed by atoms with van der Waals surface area (Å²) in [5.74, 6) is 0.392. The molecule has 1 aromatic heterocycles. The Morgan fingerprint density at radius 3 is 2.62 bits per heavy atom. The Balaban J connectivity index is 1.21. The van der Waals surface area contributed by atoms with Gasteiger partial charge < -0.3 is 21.7 Å². The Bertz CT molecular complexity index is 1370. The molecule has 39 heavy (non-hydrogen) atoms. The van der Waals surface area contributed by atoms with Crippen molar-refractivity contribution in [1.29, 1.82) is 0 Å². The molecule has 0 aliphatic carbocycles. The maximum atomic E-state index is 12.1. The molecule has 0 spiro atoms.